The van der Waals surface area contributed by atoms with Gasteiger partial charge in [-0.2, -0.15) is 5.10 Å². The summed E-state index contributed by atoms with van der Waals surface area (Å²) in [6, 6.07) is 3.30. The van der Waals surface area contributed by atoms with Gasteiger partial charge in [-0.1, -0.05) is 6.92 Å². The summed E-state index contributed by atoms with van der Waals surface area (Å²) in [5.41, 5.74) is 11.8. The first kappa shape index (κ1) is 15.5. The summed E-state index contributed by atoms with van der Waals surface area (Å²) in [6.45, 7) is 1.59. The molecule has 9 heteroatoms. The fraction of sp³-hybridized carbons (Fsp3) is 0.286. The number of aryl methyl sites for hydroxylation is 1. The van der Waals surface area contributed by atoms with Crippen molar-refractivity contribution in [2.75, 3.05) is 5.75 Å². The number of rotatable bonds is 3. The molecule has 23 heavy (non-hydrogen) atoms. The molecule has 0 bridgehead atoms. The van der Waals surface area contributed by atoms with Gasteiger partial charge in [0.2, 0.25) is 0 Å². The van der Waals surface area contributed by atoms with Gasteiger partial charge in [0.05, 0.1) is 22.4 Å². The lowest BCUT2D eigenvalue weighted by molar-refractivity contribution is 0.558. The van der Waals surface area contributed by atoms with E-state index in [9.17, 15) is 8.42 Å². The van der Waals surface area contributed by atoms with Crippen molar-refractivity contribution in [1.82, 2.24) is 15.1 Å². The fourth-order valence-corrected chi connectivity index (χ4v) is 3.74. The lowest BCUT2D eigenvalue weighted by Crippen LogP contribution is -2.43. The third kappa shape index (κ3) is 2.47. The Balaban J connectivity index is 2.37. The number of hydrogen-bond donors (Lipinski definition) is 3. The second-order valence-electron chi connectivity index (χ2n) is 5.38. The number of nitrogens with zero attached hydrogens (tertiary/aromatic N) is 3. The number of benzene rings is 1. The summed E-state index contributed by atoms with van der Waals surface area (Å²) in [4.78, 5) is 4.33. The number of nitrogens with one attached hydrogen (secondary N) is 1. The van der Waals surface area contributed by atoms with Crippen LogP contribution in [-0.4, -0.2) is 29.9 Å². The van der Waals surface area contributed by atoms with Crippen molar-refractivity contribution in [3.63, 3.8) is 0 Å². The topological polar surface area (TPSA) is 128 Å². The summed E-state index contributed by atoms with van der Waals surface area (Å²) in [7, 11) is -1.75. The van der Waals surface area contributed by atoms with Crippen molar-refractivity contribution >= 4 is 26.7 Å². The van der Waals surface area contributed by atoms with Crippen molar-refractivity contribution in [1.29, 1.82) is 0 Å². The normalized spacial score (nSPS) is 21.3. The van der Waals surface area contributed by atoms with E-state index in [1.807, 2.05) is 0 Å². The lowest BCUT2D eigenvalue weighted by Gasteiger charge is -2.27. The molecule has 1 aliphatic heterocycles. The average Bonchev–Trinajstić information content (AvgIpc) is 2.87. The average molecular weight is 334 g/mol. The van der Waals surface area contributed by atoms with Gasteiger partial charge < -0.3 is 11.1 Å². The summed E-state index contributed by atoms with van der Waals surface area (Å²) < 4.78 is 26.7. The van der Waals surface area contributed by atoms with Gasteiger partial charge in [-0.15, -0.1) is 0 Å². The van der Waals surface area contributed by atoms with Crippen molar-refractivity contribution in [3.05, 3.63) is 36.2 Å². The van der Waals surface area contributed by atoms with Crippen LogP contribution in [0.5, 0.6) is 0 Å². The van der Waals surface area contributed by atoms with Gasteiger partial charge in [-0.05, 0) is 18.2 Å². The van der Waals surface area contributed by atoms with Crippen molar-refractivity contribution in [2.24, 2.45) is 23.5 Å². The number of aliphatic imine (C=N–C) groups is 1. The summed E-state index contributed by atoms with van der Waals surface area (Å²) in [5.74, 6) is 0.0850. The molecule has 0 saturated carbocycles. The Kier molecular flexibility index (Phi) is 3.42. The predicted molar refractivity (Wildman–Crippen MR) is 88.2 cm³/mol. The zero-order valence-corrected chi connectivity index (χ0v) is 13.6. The van der Waals surface area contributed by atoms with Gasteiger partial charge in [0.1, 0.15) is 0 Å². The minimum absolute atomic E-state index is 0.0411. The van der Waals surface area contributed by atoms with Crippen LogP contribution in [0, 0.1) is 0 Å². The molecule has 5 N–H and O–H groups in total. The molecule has 2 heterocycles. The number of fused-ring (bicyclic) bond motifs is 1. The molecule has 1 unspecified atom stereocenters. The van der Waals surface area contributed by atoms with E-state index in [2.05, 4.69) is 15.4 Å². The van der Waals surface area contributed by atoms with E-state index in [0.717, 1.165) is 5.39 Å². The van der Waals surface area contributed by atoms with Crippen LogP contribution in [0.1, 0.15) is 12.5 Å². The zero-order chi connectivity index (χ0) is 16.8. The van der Waals surface area contributed by atoms with Gasteiger partial charge in [-0.25, -0.2) is 13.4 Å². The Morgan fingerprint density at radius 2 is 2.13 bits per heavy atom. The number of hydrogen-bond acceptors (Lipinski definition) is 7. The third-order valence-corrected chi connectivity index (χ3v) is 5.64. The van der Waals surface area contributed by atoms with Crippen LogP contribution in [0.4, 0.5) is 0 Å². The van der Waals surface area contributed by atoms with Crippen molar-refractivity contribution < 1.29 is 8.42 Å². The first-order valence-electron chi connectivity index (χ1n) is 7.04. The van der Waals surface area contributed by atoms with E-state index in [0.29, 0.717) is 11.1 Å². The molecule has 1 aromatic heterocycles. The maximum atomic E-state index is 12.6. The molecule has 1 atom stereocenters. The maximum absolute atomic E-state index is 12.6. The van der Waals surface area contributed by atoms with E-state index in [4.69, 9.17) is 11.5 Å². The van der Waals surface area contributed by atoms with Crippen LogP contribution in [0.25, 0.3) is 10.9 Å². The van der Waals surface area contributed by atoms with Gasteiger partial charge in [-0.3, -0.25) is 10.4 Å². The van der Waals surface area contributed by atoms with Crippen LogP contribution < -0.4 is 16.8 Å². The van der Waals surface area contributed by atoms with Crippen LogP contribution in [0.3, 0.4) is 0 Å². The number of guanidine groups is 1. The quantitative estimate of drug-likeness (QED) is 0.719. The molecule has 0 spiro atoms. The highest BCUT2D eigenvalue weighted by molar-refractivity contribution is 7.91. The zero-order valence-electron chi connectivity index (χ0n) is 12.8. The van der Waals surface area contributed by atoms with E-state index in [1.54, 1.807) is 49.3 Å². The molecule has 0 radical (unpaired) electrons. The Labute approximate surface area is 133 Å². The summed E-state index contributed by atoms with van der Waals surface area (Å²) in [5, 5.41) is 7.66. The molecule has 1 aliphatic rings. The Morgan fingerprint density at radius 1 is 1.39 bits per heavy atom. The lowest BCUT2D eigenvalue weighted by atomic mass is 9.98. The van der Waals surface area contributed by atoms with E-state index in [1.165, 1.54) is 0 Å². The molecule has 3 rings (SSSR count). The molecule has 1 aromatic carbocycles. The fourth-order valence-electron chi connectivity index (χ4n) is 2.58. The van der Waals surface area contributed by atoms with E-state index in [-0.39, 0.29) is 16.6 Å². The highest BCUT2D eigenvalue weighted by Gasteiger charge is 2.33. The SMILES string of the molecule is CCS(=O)(=O)c1cc2c(cnn2C)cc1C1(N)C=CNC(N)=N1. The standard InChI is InChI=1S/C14H18N6O2S/c1-3-23(21,22)12-7-11-9(8-18-20(11)2)6-10(12)14(16)4-5-17-13(15)19-14/h4-8H,3,16H2,1-2H3,(H3,15,17,19). The van der Waals surface area contributed by atoms with Crippen LogP contribution >= 0.6 is 0 Å². The maximum Gasteiger partial charge on any atom is 0.195 e. The van der Waals surface area contributed by atoms with Crippen LogP contribution in [0.15, 0.2) is 40.5 Å². The predicted octanol–water partition coefficient (Wildman–Crippen LogP) is -0.0900. The Hall–Kier alpha value is -2.39. The van der Waals surface area contributed by atoms with E-state index >= 15 is 0 Å². The second kappa shape index (κ2) is 5.07. The van der Waals surface area contributed by atoms with Gasteiger partial charge in [0, 0.05) is 24.2 Å². The molecule has 0 saturated heterocycles. The van der Waals surface area contributed by atoms with Crippen LogP contribution in [-0.2, 0) is 22.5 Å². The smallest absolute Gasteiger partial charge is 0.195 e. The summed E-state index contributed by atoms with van der Waals surface area (Å²) in [6.07, 6.45) is 4.79. The van der Waals surface area contributed by atoms with Gasteiger partial charge in [0.15, 0.2) is 21.5 Å². The molecule has 0 amide bonds. The van der Waals surface area contributed by atoms with Crippen molar-refractivity contribution in [2.45, 2.75) is 17.5 Å². The molecule has 2 aromatic rings. The Morgan fingerprint density at radius 3 is 2.78 bits per heavy atom. The first-order valence-corrected chi connectivity index (χ1v) is 8.69. The molecule has 8 nitrogen and oxygen atoms in total. The van der Waals surface area contributed by atoms with Gasteiger partial charge >= 0.3 is 0 Å². The minimum atomic E-state index is -3.51. The second-order valence-corrected chi connectivity index (χ2v) is 7.63. The summed E-state index contributed by atoms with van der Waals surface area (Å²) >= 11 is 0. The van der Waals surface area contributed by atoms with Crippen LogP contribution in [0.2, 0.25) is 0 Å². The molecular formula is C14H18N6O2S. The highest BCUT2D eigenvalue weighted by Crippen LogP contribution is 2.33. The molecule has 122 valence electrons. The minimum Gasteiger partial charge on any atom is -0.370 e. The number of aromatic nitrogens is 2. The molecule has 0 fully saturated rings. The van der Waals surface area contributed by atoms with E-state index < -0.39 is 15.5 Å². The molecule has 0 aliphatic carbocycles. The monoisotopic (exact) mass is 334 g/mol. The Bertz CT molecular complexity index is 944. The third-order valence-electron chi connectivity index (χ3n) is 3.87. The van der Waals surface area contributed by atoms with Crippen molar-refractivity contribution in [3.8, 4) is 0 Å². The first-order chi connectivity index (χ1) is 10.8. The number of nitrogens with two attached hydrogens (primary N) is 2. The van der Waals surface area contributed by atoms with Gasteiger partial charge in [0.25, 0.3) is 0 Å². The largest absolute Gasteiger partial charge is 0.370 e. The highest BCUT2D eigenvalue weighted by atomic mass is 32.2. The molecular weight excluding hydrogens is 316 g/mol. The number of sulfone groups is 1.